The number of aryl methyl sites for hydroxylation is 2. The zero-order chi connectivity index (χ0) is 18.1. The van der Waals surface area contributed by atoms with E-state index in [-0.39, 0.29) is 12.0 Å². The van der Waals surface area contributed by atoms with Crippen molar-refractivity contribution in [1.82, 2.24) is 24.6 Å². The van der Waals surface area contributed by atoms with Gasteiger partial charge in [0.05, 0.1) is 18.7 Å². The van der Waals surface area contributed by atoms with Gasteiger partial charge in [0.2, 0.25) is 0 Å². The molecule has 0 spiro atoms. The number of carbonyl (C=O) groups is 1. The van der Waals surface area contributed by atoms with Crippen LogP contribution in [0.5, 0.6) is 0 Å². The van der Waals surface area contributed by atoms with Crippen molar-refractivity contribution in [2.24, 2.45) is 0 Å². The van der Waals surface area contributed by atoms with Gasteiger partial charge in [-0.05, 0) is 33.8 Å². The lowest BCUT2D eigenvalue weighted by Gasteiger charge is -2.31. The number of ether oxygens (including phenoxy) is 1. The molecule has 1 aliphatic heterocycles. The average molecular weight is 345 g/mol. The molecule has 7 heteroatoms. The highest BCUT2D eigenvalue weighted by Crippen LogP contribution is 2.25. The highest BCUT2D eigenvalue weighted by molar-refractivity contribution is 5.95. The van der Waals surface area contributed by atoms with Crippen LogP contribution < -0.4 is 0 Å². The van der Waals surface area contributed by atoms with Crippen molar-refractivity contribution in [3.05, 3.63) is 34.7 Å². The lowest BCUT2D eigenvalue weighted by molar-refractivity contribution is -0.0267. The van der Waals surface area contributed by atoms with Crippen molar-refractivity contribution in [3.8, 4) is 0 Å². The normalized spacial score (nSPS) is 18.2. The topological polar surface area (TPSA) is 76.0 Å². The molecule has 0 aromatic carbocycles. The van der Waals surface area contributed by atoms with Crippen LogP contribution in [-0.4, -0.2) is 50.3 Å². The number of hydrogen-bond donors (Lipinski definition) is 1. The smallest absolute Gasteiger partial charge is 0.255 e. The van der Waals surface area contributed by atoms with Crippen LogP contribution in [-0.2, 0) is 11.2 Å². The Morgan fingerprint density at radius 2 is 2.20 bits per heavy atom. The van der Waals surface area contributed by atoms with Crippen molar-refractivity contribution < 1.29 is 9.53 Å². The number of hydrogen-bond acceptors (Lipinski definition) is 4. The first kappa shape index (κ1) is 17.7. The summed E-state index contributed by atoms with van der Waals surface area (Å²) in [5.74, 6) is 1.52. The number of rotatable bonds is 4. The fourth-order valence-corrected chi connectivity index (χ4v) is 3.56. The molecule has 136 valence electrons. The standard InChI is InChI=1S/C18H27N5O2/c1-6-16-19-17(21-20-16)15-10-22(7-8-25-15)18(24)14-9-12(4)23(11(2)3)13(14)5/h9,11,15H,6-8,10H2,1-5H3,(H,19,20,21)/t15-/m1/s1. The molecule has 1 fully saturated rings. The van der Waals surface area contributed by atoms with Gasteiger partial charge in [0.15, 0.2) is 5.82 Å². The van der Waals surface area contributed by atoms with Gasteiger partial charge >= 0.3 is 0 Å². The SMILES string of the molecule is CCc1nc([C@H]2CN(C(=O)c3cc(C)n(C(C)C)c3C)CCO2)n[nH]1. The summed E-state index contributed by atoms with van der Waals surface area (Å²) in [6.45, 7) is 11.9. The van der Waals surface area contributed by atoms with E-state index in [4.69, 9.17) is 4.74 Å². The van der Waals surface area contributed by atoms with Crippen LogP contribution >= 0.6 is 0 Å². The summed E-state index contributed by atoms with van der Waals surface area (Å²) in [5.41, 5.74) is 2.91. The second-order valence-corrected chi connectivity index (χ2v) is 6.85. The van der Waals surface area contributed by atoms with E-state index in [0.717, 1.165) is 29.2 Å². The Balaban J connectivity index is 1.79. The van der Waals surface area contributed by atoms with Crippen LogP contribution in [0.25, 0.3) is 0 Å². The van der Waals surface area contributed by atoms with Crippen molar-refractivity contribution in [1.29, 1.82) is 0 Å². The Bertz CT molecular complexity index is 762. The maximum absolute atomic E-state index is 13.1. The van der Waals surface area contributed by atoms with Gasteiger partial charge in [-0.25, -0.2) is 4.98 Å². The van der Waals surface area contributed by atoms with Gasteiger partial charge in [-0.2, -0.15) is 5.10 Å². The van der Waals surface area contributed by atoms with Crippen LogP contribution in [0.4, 0.5) is 0 Å². The zero-order valence-electron chi connectivity index (χ0n) is 15.7. The van der Waals surface area contributed by atoms with E-state index < -0.39 is 0 Å². The number of morpholine rings is 1. The van der Waals surface area contributed by atoms with E-state index >= 15 is 0 Å². The van der Waals surface area contributed by atoms with Crippen LogP contribution in [0.3, 0.4) is 0 Å². The number of carbonyl (C=O) groups excluding carboxylic acids is 1. The zero-order valence-corrected chi connectivity index (χ0v) is 15.7. The van der Waals surface area contributed by atoms with Gasteiger partial charge in [0.25, 0.3) is 5.91 Å². The van der Waals surface area contributed by atoms with Gasteiger partial charge < -0.3 is 14.2 Å². The molecule has 1 atom stereocenters. The molecule has 1 amide bonds. The van der Waals surface area contributed by atoms with E-state index in [1.54, 1.807) is 0 Å². The van der Waals surface area contributed by atoms with Crippen molar-refractivity contribution in [2.75, 3.05) is 19.7 Å². The van der Waals surface area contributed by atoms with E-state index in [1.165, 1.54) is 0 Å². The summed E-state index contributed by atoms with van der Waals surface area (Å²) in [6, 6.07) is 2.32. The molecule has 1 aliphatic rings. The lowest BCUT2D eigenvalue weighted by atomic mass is 10.1. The second-order valence-electron chi connectivity index (χ2n) is 6.85. The average Bonchev–Trinajstić information content (AvgIpc) is 3.18. The van der Waals surface area contributed by atoms with Crippen LogP contribution in [0.1, 0.15) is 66.3 Å². The predicted octanol–water partition coefficient (Wildman–Crippen LogP) is 2.58. The first-order valence-corrected chi connectivity index (χ1v) is 8.92. The molecular formula is C18H27N5O2. The molecule has 0 bridgehead atoms. The third kappa shape index (κ3) is 3.33. The van der Waals surface area contributed by atoms with Crippen molar-refractivity contribution in [3.63, 3.8) is 0 Å². The molecule has 7 nitrogen and oxygen atoms in total. The predicted molar refractivity (Wildman–Crippen MR) is 94.6 cm³/mol. The van der Waals surface area contributed by atoms with Gasteiger partial charge in [-0.1, -0.05) is 6.92 Å². The number of aromatic amines is 1. The van der Waals surface area contributed by atoms with Crippen LogP contribution in [0.2, 0.25) is 0 Å². The minimum Gasteiger partial charge on any atom is -0.366 e. The van der Waals surface area contributed by atoms with Crippen molar-refractivity contribution >= 4 is 5.91 Å². The summed E-state index contributed by atoms with van der Waals surface area (Å²) in [4.78, 5) is 19.3. The molecule has 0 radical (unpaired) electrons. The Labute approximate surface area is 148 Å². The van der Waals surface area contributed by atoms with Gasteiger partial charge in [-0.3, -0.25) is 9.89 Å². The number of H-pyrrole nitrogens is 1. The summed E-state index contributed by atoms with van der Waals surface area (Å²) in [7, 11) is 0. The maximum Gasteiger partial charge on any atom is 0.255 e. The molecule has 3 heterocycles. The van der Waals surface area contributed by atoms with E-state index in [9.17, 15) is 4.79 Å². The number of nitrogens with zero attached hydrogens (tertiary/aromatic N) is 4. The highest BCUT2D eigenvalue weighted by atomic mass is 16.5. The van der Waals surface area contributed by atoms with E-state index in [2.05, 4.69) is 33.6 Å². The maximum atomic E-state index is 13.1. The minimum absolute atomic E-state index is 0.0551. The monoisotopic (exact) mass is 345 g/mol. The quantitative estimate of drug-likeness (QED) is 0.924. The largest absolute Gasteiger partial charge is 0.366 e. The first-order valence-electron chi connectivity index (χ1n) is 8.92. The summed E-state index contributed by atoms with van der Waals surface area (Å²) >= 11 is 0. The Morgan fingerprint density at radius 1 is 1.44 bits per heavy atom. The van der Waals surface area contributed by atoms with Gasteiger partial charge in [0, 0.05) is 30.4 Å². The first-order chi connectivity index (χ1) is 11.9. The second kappa shape index (κ2) is 7.00. The van der Waals surface area contributed by atoms with Crippen LogP contribution in [0.15, 0.2) is 6.07 Å². The minimum atomic E-state index is -0.275. The Kier molecular flexibility index (Phi) is 4.94. The van der Waals surface area contributed by atoms with Crippen molar-refractivity contribution in [2.45, 2.75) is 53.2 Å². The lowest BCUT2D eigenvalue weighted by Crippen LogP contribution is -2.42. The molecule has 2 aromatic rings. The number of aromatic nitrogens is 4. The summed E-state index contributed by atoms with van der Waals surface area (Å²) in [6.07, 6.45) is 0.520. The molecular weight excluding hydrogens is 318 g/mol. The third-order valence-corrected chi connectivity index (χ3v) is 4.76. The van der Waals surface area contributed by atoms with Gasteiger partial charge in [-0.15, -0.1) is 0 Å². The molecule has 1 saturated heterocycles. The number of amides is 1. The summed E-state index contributed by atoms with van der Waals surface area (Å²) < 4.78 is 7.99. The molecule has 2 aromatic heterocycles. The fraction of sp³-hybridized carbons (Fsp3) is 0.611. The molecule has 3 rings (SSSR count). The molecule has 0 saturated carbocycles. The fourth-order valence-electron chi connectivity index (χ4n) is 3.56. The Hall–Kier alpha value is -2.15. The molecule has 1 N–H and O–H groups in total. The number of nitrogens with one attached hydrogen (secondary N) is 1. The van der Waals surface area contributed by atoms with E-state index in [1.807, 2.05) is 31.7 Å². The molecule has 0 unspecified atom stereocenters. The molecule has 0 aliphatic carbocycles. The third-order valence-electron chi connectivity index (χ3n) is 4.76. The Morgan fingerprint density at radius 3 is 2.80 bits per heavy atom. The molecule has 25 heavy (non-hydrogen) atoms. The highest BCUT2D eigenvalue weighted by Gasteiger charge is 2.30. The van der Waals surface area contributed by atoms with Gasteiger partial charge in [0.1, 0.15) is 11.9 Å². The van der Waals surface area contributed by atoms with E-state index in [0.29, 0.717) is 31.6 Å². The summed E-state index contributed by atoms with van der Waals surface area (Å²) in [5, 5.41) is 7.15. The van der Waals surface area contributed by atoms with Crippen LogP contribution in [0, 0.1) is 13.8 Å².